The number of para-hydroxylation sites is 2. The monoisotopic (exact) mass is 757 g/mol. The summed E-state index contributed by atoms with van der Waals surface area (Å²) in [6, 6.07) is 18.5. The van der Waals surface area contributed by atoms with E-state index in [0.717, 1.165) is 68.0 Å². The van der Waals surface area contributed by atoms with Crippen molar-refractivity contribution in [3.63, 3.8) is 0 Å². The second-order valence-corrected chi connectivity index (χ2v) is 14.4. The third-order valence-electron chi connectivity index (χ3n) is 9.13. The van der Waals surface area contributed by atoms with Gasteiger partial charge in [-0.05, 0) is 74.7 Å². The fourth-order valence-corrected chi connectivity index (χ4v) is 6.47. The summed E-state index contributed by atoms with van der Waals surface area (Å²) in [7, 11) is 2.71. The second kappa shape index (κ2) is 19.6. The molecule has 0 spiro atoms. The zero-order valence-corrected chi connectivity index (χ0v) is 32.2. The maximum absolute atomic E-state index is 13.9. The number of imidazole rings is 1. The summed E-state index contributed by atoms with van der Waals surface area (Å²) in [5, 5.41) is 3.72. The number of halogens is 1. The molecular weight excluding hydrogens is 706 g/mol. The molecule has 3 aromatic carbocycles. The molecule has 1 atom stereocenters. The van der Waals surface area contributed by atoms with Crippen molar-refractivity contribution in [2.75, 3.05) is 79.3 Å². The molecule has 53 heavy (non-hydrogen) atoms. The minimum atomic E-state index is -3.67. The number of nitrogens with one attached hydrogen (secondary N) is 1. The Labute approximate surface area is 311 Å². The first kappa shape index (κ1) is 41.3. The van der Waals surface area contributed by atoms with Gasteiger partial charge in [0.05, 0.1) is 45.2 Å². The number of rotatable bonds is 16. The van der Waals surface area contributed by atoms with Crippen LogP contribution in [0.5, 0.6) is 17.2 Å². The zero-order valence-electron chi connectivity index (χ0n) is 31.4. The molecule has 5 rings (SSSR count). The van der Waals surface area contributed by atoms with E-state index in [2.05, 4.69) is 20.9 Å². The first-order valence-electron chi connectivity index (χ1n) is 17.6. The number of carbonyl (C=O) groups excluding carboxylic acids is 1. The molecule has 0 radical (unpaired) electrons. The number of hydrogen-bond acceptors (Lipinski definition) is 10. The van der Waals surface area contributed by atoms with E-state index in [1.165, 1.54) is 33.5 Å². The van der Waals surface area contributed by atoms with Crippen molar-refractivity contribution in [2.24, 2.45) is 0 Å². The van der Waals surface area contributed by atoms with E-state index in [0.29, 0.717) is 54.9 Å². The Balaban J connectivity index is 0.00000117. The van der Waals surface area contributed by atoms with Gasteiger partial charge >= 0.3 is 0 Å². The predicted octanol–water partition coefficient (Wildman–Crippen LogP) is 5.56. The Morgan fingerprint density at radius 2 is 1.64 bits per heavy atom. The van der Waals surface area contributed by atoms with Gasteiger partial charge in [0.15, 0.2) is 11.5 Å². The van der Waals surface area contributed by atoms with E-state index in [9.17, 15) is 17.6 Å². The Morgan fingerprint density at radius 3 is 2.23 bits per heavy atom. The molecule has 1 saturated heterocycles. The molecule has 15 heteroatoms. The van der Waals surface area contributed by atoms with Crippen LogP contribution in [-0.2, 0) is 21.4 Å². The van der Waals surface area contributed by atoms with Gasteiger partial charge in [-0.25, -0.2) is 9.37 Å². The number of likely N-dealkylation sites (N-methyl/N-ethyl adjacent to an activating group) is 1. The molecule has 1 amide bonds. The van der Waals surface area contributed by atoms with Crippen molar-refractivity contribution in [3.8, 4) is 17.2 Å². The van der Waals surface area contributed by atoms with Crippen LogP contribution in [-0.4, -0.2) is 118 Å². The number of piperidine rings is 1. The fraction of sp³-hybridized carbons (Fsp3) is 0.474. The minimum absolute atomic E-state index is 0.0164. The van der Waals surface area contributed by atoms with Crippen molar-refractivity contribution in [1.29, 1.82) is 0 Å². The van der Waals surface area contributed by atoms with Gasteiger partial charge in [-0.15, -0.1) is 0 Å². The molecule has 1 fully saturated rings. The van der Waals surface area contributed by atoms with Crippen molar-refractivity contribution in [1.82, 2.24) is 19.4 Å². The first-order valence-corrected chi connectivity index (χ1v) is 19.4. The number of likely N-dealkylation sites (tertiary alicyclic amines) is 1. The summed E-state index contributed by atoms with van der Waals surface area (Å²) in [6.07, 6.45) is 3.53. The van der Waals surface area contributed by atoms with Crippen LogP contribution >= 0.6 is 0 Å². The number of methoxy groups -OCH3 is 3. The van der Waals surface area contributed by atoms with Gasteiger partial charge in [0.1, 0.15) is 5.82 Å². The summed E-state index contributed by atoms with van der Waals surface area (Å²) in [6.45, 7) is 7.33. The number of benzene rings is 3. The average Bonchev–Trinajstić information content (AvgIpc) is 3.49. The predicted molar refractivity (Wildman–Crippen MR) is 204 cm³/mol. The molecule has 1 aromatic heterocycles. The summed E-state index contributed by atoms with van der Waals surface area (Å²) in [5.74, 6) is 1.74. The van der Waals surface area contributed by atoms with E-state index >= 15 is 0 Å². The highest BCUT2D eigenvalue weighted by atomic mass is 32.2. The third-order valence-corrected chi connectivity index (χ3v) is 9.13. The lowest BCUT2D eigenvalue weighted by Gasteiger charge is -2.34. The van der Waals surface area contributed by atoms with Crippen LogP contribution in [0, 0.1) is 5.82 Å². The highest BCUT2D eigenvalue weighted by Gasteiger charge is 2.25. The van der Waals surface area contributed by atoms with Gasteiger partial charge in [-0.2, -0.15) is 8.42 Å². The molecular formula is C38H52FN5O8S. The van der Waals surface area contributed by atoms with Crippen LogP contribution in [0.2, 0.25) is 0 Å². The molecule has 1 unspecified atom stereocenters. The molecule has 1 aliphatic heterocycles. The average molecular weight is 758 g/mol. The smallest absolute Gasteiger partial charge is 0.261 e. The van der Waals surface area contributed by atoms with Crippen LogP contribution in [0.4, 0.5) is 10.3 Å². The van der Waals surface area contributed by atoms with Gasteiger partial charge in [0.25, 0.3) is 16.0 Å². The maximum Gasteiger partial charge on any atom is 0.261 e. The van der Waals surface area contributed by atoms with Crippen molar-refractivity contribution < 1.29 is 41.1 Å². The molecule has 0 bridgehead atoms. The highest BCUT2D eigenvalue weighted by molar-refractivity contribution is 7.85. The van der Waals surface area contributed by atoms with Gasteiger partial charge in [0, 0.05) is 57.4 Å². The van der Waals surface area contributed by atoms with Crippen LogP contribution in [0.15, 0.2) is 60.7 Å². The SMILES string of the molecule is CCOCCn1c(NC2CCN(CCC(CN(C)C(=O)c3cc(OC)c(OC)c(OC)c3)c3ccc(F)cc3)CC2)nc2ccccc21.CS(=O)(=O)O. The number of amides is 1. The lowest BCUT2D eigenvalue weighted by atomic mass is 9.94. The van der Waals surface area contributed by atoms with Crippen LogP contribution in [0.1, 0.15) is 48.0 Å². The second-order valence-electron chi connectivity index (χ2n) is 12.9. The number of carbonyl (C=O) groups is 1. The number of anilines is 1. The number of fused-ring (bicyclic) bond motifs is 1. The summed E-state index contributed by atoms with van der Waals surface area (Å²) < 4.78 is 64.0. The summed E-state index contributed by atoms with van der Waals surface area (Å²) in [5.41, 5.74) is 3.53. The minimum Gasteiger partial charge on any atom is -0.493 e. The fourth-order valence-electron chi connectivity index (χ4n) is 6.47. The third kappa shape index (κ3) is 12.0. The highest BCUT2D eigenvalue weighted by Crippen LogP contribution is 2.38. The molecule has 4 aromatic rings. The number of hydrogen-bond donors (Lipinski definition) is 2. The van der Waals surface area contributed by atoms with E-state index in [1.54, 1.807) is 24.1 Å². The van der Waals surface area contributed by atoms with E-state index in [-0.39, 0.29) is 17.6 Å². The number of aromatic nitrogens is 2. The number of ether oxygens (including phenoxy) is 4. The molecule has 0 saturated carbocycles. The standard InChI is InChI=1S/C37H48FN5O5.CH4O3S/c1-6-48-22-21-43-32-10-8-7-9-31(32)40-37(43)39-30-16-19-42(20-17-30)18-15-27(26-11-13-29(38)14-12-26)25-41(2)36(44)28-23-33(45-3)35(47-5)34(24-28)46-4;1-5(2,3)4/h7-14,23-24,27,30H,6,15-22,25H2,1-5H3,(H,39,40);1H3,(H,2,3,4). The Bertz CT molecular complexity index is 1850. The molecule has 2 N–H and O–H groups in total. The van der Waals surface area contributed by atoms with Gasteiger partial charge < -0.3 is 38.6 Å². The van der Waals surface area contributed by atoms with Crippen molar-refractivity contribution >= 4 is 33.0 Å². The summed E-state index contributed by atoms with van der Waals surface area (Å²) >= 11 is 0. The van der Waals surface area contributed by atoms with E-state index < -0.39 is 10.1 Å². The van der Waals surface area contributed by atoms with Crippen LogP contribution < -0.4 is 19.5 Å². The van der Waals surface area contributed by atoms with Crippen LogP contribution in [0.3, 0.4) is 0 Å². The van der Waals surface area contributed by atoms with Crippen molar-refractivity contribution in [2.45, 2.75) is 44.7 Å². The normalized spacial score (nSPS) is 14.3. The largest absolute Gasteiger partial charge is 0.493 e. The molecule has 290 valence electrons. The Kier molecular flexibility index (Phi) is 15.3. The Morgan fingerprint density at radius 1 is 1.02 bits per heavy atom. The molecule has 0 aliphatic carbocycles. The van der Waals surface area contributed by atoms with Gasteiger partial charge in [-0.3, -0.25) is 9.35 Å². The quantitative estimate of drug-likeness (QED) is 0.109. The molecule has 1 aliphatic rings. The van der Waals surface area contributed by atoms with Crippen LogP contribution in [0.25, 0.3) is 11.0 Å². The maximum atomic E-state index is 13.9. The molecule has 13 nitrogen and oxygen atoms in total. The lowest BCUT2D eigenvalue weighted by Crippen LogP contribution is -2.40. The number of nitrogens with zero attached hydrogens (tertiary/aromatic N) is 4. The summed E-state index contributed by atoms with van der Waals surface area (Å²) in [4.78, 5) is 22.7. The lowest BCUT2D eigenvalue weighted by molar-refractivity contribution is 0.0781. The first-order chi connectivity index (χ1) is 25.3. The zero-order chi connectivity index (χ0) is 38.5. The van der Waals surface area contributed by atoms with Gasteiger partial charge in [0.2, 0.25) is 11.7 Å². The van der Waals surface area contributed by atoms with Crippen molar-refractivity contribution in [3.05, 3.63) is 77.6 Å². The van der Waals surface area contributed by atoms with E-state index in [1.807, 2.05) is 37.3 Å². The molecule has 2 heterocycles. The van der Waals surface area contributed by atoms with Gasteiger partial charge in [-0.1, -0.05) is 24.3 Å². The van der Waals surface area contributed by atoms with E-state index in [4.69, 9.17) is 28.5 Å². The Hall–Kier alpha value is -4.44. The topological polar surface area (TPSA) is 145 Å².